The van der Waals surface area contributed by atoms with Gasteiger partial charge in [-0.25, -0.2) is 9.89 Å². The lowest BCUT2D eigenvalue weighted by Crippen LogP contribution is -2.15. The van der Waals surface area contributed by atoms with Crippen LogP contribution < -0.4 is 11.1 Å². The number of nitrogens with zero attached hydrogens (tertiary/aromatic N) is 4. The highest BCUT2D eigenvalue weighted by atomic mass is 16.1. The van der Waals surface area contributed by atoms with E-state index in [0.717, 1.165) is 5.56 Å². The largest absolute Gasteiger partial charge is 0.363 e. The molecule has 17 heavy (non-hydrogen) atoms. The molecular weight excluding hydrogens is 220 g/mol. The molecule has 2 rings (SSSR count). The molecule has 0 aliphatic heterocycles. The molecular formula is C10H10N6O. The molecule has 0 radical (unpaired) electrons. The van der Waals surface area contributed by atoms with Crippen LogP contribution in [0, 0.1) is 6.92 Å². The second-order valence-corrected chi connectivity index (χ2v) is 3.23. The highest BCUT2D eigenvalue weighted by Crippen LogP contribution is 2.02. The summed E-state index contributed by atoms with van der Waals surface area (Å²) in [5, 5.41) is 9.93. The van der Waals surface area contributed by atoms with Crippen LogP contribution in [0.3, 0.4) is 0 Å². The van der Waals surface area contributed by atoms with Crippen molar-refractivity contribution < 1.29 is 0 Å². The van der Waals surface area contributed by atoms with Crippen LogP contribution in [0.25, 0.3) is 0 Å². The van der Waals surface area contributed by atoms with Crippen LogP contribution in [-0.4, -0.2) is 26.4 Å². The molecule has 0 aromatic carbocycles. The number of hydrogen-bond acceptors (Lipinski definition) is 6. The zero-order valence-electron chi connectivity index (χ0n) is 9.08. The third-order valence-electron chi connectivity index (χ3n) is 1.94. The number of nitrogens with one attached hydrogen (secondary N) is 2. The Bertz CT molecular complexity index is 577. The first-order valence-corrected chi connectivity index (χ1v) is 4.88. The number of pyridine rings is 1. The summed E-state index contributed by atoms with van der Waals surface area (Å²) in [5.41, 5.74) is 3.54. The lowest BCUT2D eigenvalue weighted by atomic mass is 10.3. The number of anilines is 1. The normalized spacial score (nSPS) is 10.6. The van der Waals surface area contributed by atoms with Gasteiger partial charge in [0.2, 0.25) is 0 Å². The van der Waals surface area contributed by atoms with Gasteiger partial charge in [-0.15, -0.1) is 0 Å². The summed E-state index contributed by atoms with van der Waals surface area (Å²) in [4.78, 5) is 18.6. The average Bonchev–Trinajstić information content (AvgIpc) is 2.35. The Morgan fingerprint density at radius 2 is 2.41 bits per heavy atom. The second kappa shape index (κ2) is 4.97. The Labute approximate surface area is 96.6 Å². The Kier molecular flexibility index (Phi) is 3.20. The van der Waals surface area contributed by atoms with E-state index in [0.29, 0.717) is 11.5 Å². The minimum Gasteiger partial charge on any atom is -0.264 e. The Hall–Kier alpha value is -2.57. The lowest BCUT2D eigenvalue weighted by Gasteiger charge is -2.00. The van der Waals surface area contributed by atoms with Gasteiger partial charge < -0.3 is 0 Å². The van der Waals surface area contributed by atoms with Gasteiger partial charge in [-0.3, -0.25) is 10.4 Å². The van der Waals surface area contributed by atoms with E-state index in [-0.39, 0.29) is 0 Å². The molecule has 0 spiro atoms. The number of aromatic nitrogens is 4. The third-order valence-corrected chi connectivity index (χ3v) is 1.94. The summed E-state index contributed by atoms with van der Waals surface area (Å²) in [6.45, 7) is 1.71. The summed E-state index contributed by atoms with van der Waals surface area (Å²) in [6.07, 6.45) is 4.92. The molecule has 7 nitrogen and oxygen atoms in total. The number of aromatic amines is 1. The van der Waals surface area contributed by atoms with Crippen LogP contribution in [0.2, 0.25) is 0 Å². The lowest BCUT2D eigenvalue weighted by molar-refractivity contribution is 0.879. The number of rotatable bonds is 3. The van der Waals surface area contributed by atoms with Gasteiger partial charge in [0.15, 0.2) is 5.82 Å². The molecule has 0 aliphatic carbocycles. The van der Waals surface area contributed by atoms with Gasteiger partial charge >= 0.3 is 5.69 Å². The fourth-order valence-corrected chi connectivity index (χ4v) is 1.12. The topological polar surface area (TPSA) is 95.9 Å². The average molecular weight is 230 g/mol. The van der Waals surface area contributed by atoms with Gasteiger partial charge in [0.1, 0.15) is 5.69 Å². The van der Waals surface area contributed by atoms with Gasteiger partial charge in [0.05, 0.1) is 6.21 Å². The molecule has 86 valence electrons. The molecule has 0 aliphatic rings. The number of aryl methyl sites for hydroxylation is 1. The number of hydrazone groups is 1. The maximum Gasteiger partial charge on any atom is 0.363 e. The smallest absolute Gasteiger partial charge is 0.264 e. The van der Waals surface area contributed by atoms with E-state index in [1.165, 1.54) is 0 Å². The van der Waals surface area contributed by atoms with Crippen LogP contribution in [0.1, 0.15) is 11.3 Å². The van der Waals surface area contributed by atoms with Gasteiger partial charge in [0, 0.05) is 18.0 Å². The van der Waals surface area contributed by atoms with Crippen molar-refractivity contribution >= 4 is 12.0 Å². The minimum atomic E-state index is -0.519. The van der Waals surface area contributed by atoms with Crippen molar-refractivity contribution in [3.8, 4) is 0 Å². The molecule has 0 saturated carbocycles. The molecule has 0 saturated heterocycles. The molecule has 0 unspecified atom stereocenters. The summed E-state index contributed by atoms with van der Waals surface area (Å²) < 4.78 is 0. The van der Waals surface area contributed by atoms with Gasteiger partial charge in [0.25, 0.3) is 0 Å². The fourth-order valence-electron chi connectivity index (χ4n) is 1.12. The second-order valence-electron chi connectivity index (χ2n) is 3.23. The van der Waals surface area contributed by atoms with E-state index >= 15 is 0 Å². The van der Waals surface area contributed by atoms with Crippen molar-refractivity contribution in [2.45, 2.75) is 6.92 Å². The maximum absolute atomic E-state index is 10.9. The van der Waals surface area contributed by atoms with Crippen molar-refractivity contribution in [1.82, 2.24) is 20.2 Å². The molecule has 2 aromatic rings. The van der Waals surface area contributed by atoms with Crippen LogP contribution in [-0.2, 0) is 0 Å². The fraction of sp³-hybridized carbons (Fsp3) is 0.100. The monoisotopic (exact) mass is 230 g/mol. The van der Waals surface area contributed by atoms with Crippen LogP contribution in [0.5, 0.6) is 0 Å². The molecule has 0 fully saturated rings. The molecule has 0 bridgehead atoms. The Balaban J connectivity index is 2.10. The van der Waals surface area contributed by atoms with E-state index in [2.05, 4.69) is 30.7 Å². The van der Waals surface area contributed by atoms with Crippen molar-refractivity contribution in [3.05, 3.63) is 46.3 Å². The molecule has 7 heteroatoms. The van der Waals surface area contributed by atoms with Crippen molar-refractivity contribution in [2.24, 2.45) is 5.10 Å². The van der Waals surface area contributed by atoms with Crippen LogP contribution >= 0.6 is 0 Å². The van der Waals surface area contributed by atoms with E-state index in [1.54, 1.807) is 31.6 Å². The first-order chi connectivity index (χ1) is 8.25. The molecule has 2 heterocycles. The minimum absolute atomic E-state index is 0.328. The zero-order chi connectivity index (χ0) is 12.1. The summed E-state index contributed by atoms with van der Waals surface area (Å²) in [7, 11) is 0. The zero-order valence-corrected chi connectivity index (χ0v) is 9.08. The SMILES string of the molecule is Cc1n[nH]c(=O)nc1N/N=C\c1cccnc1. The first-order valence-electron chi connectivity index (χ1n) is 4.88. The molecule has 0 atom stereocenters. The van der Waals surface area contributed by atoms with Crippen LogP contribution in [0.4, 0.5) is 5.82 Å². The summed E-state index contributed by atoms with van der Waals surface area (Å²) in [5.74, 6) is 0.328. The standard InChI is InChI=1S/C10H10N6O/c1-7-9(13-10(17)16-14-7)15-12-6-8-3-2-4-11-5-8/h2-6H,1H3,(H2,13,15,16,17)/b12-6-. The van der Waals surface area contributed by atoms with Gasteiger partial charge in [-0.05, 0) is 13.0 Å². The van der Waals surface area contributed by atoms with Crippen LogP contribution in [0.15, 0.2) is 34.4 Å². The highest BCUT2D eigenvalue weighted by Gasteiger charge is 1.99. The maximum atomic E-state index is 10.9. The third kappa shape index (κ3) is 2.94. The van der Waals surface area contributed by atoms with Crippen molar-refractivity contribution in [1.29, 1.82) is 0 Å². The van der Waals surface area contributed by atoms with E-state index < -0.39 is 5.69 Å². The number of hydrogen-bond donors (Lipinski definition) is 2. The van der Waals surface area contributed by atoms with Crippen molar-refractivity contribution in [2.75, 3.05) is 5.43 Å². The molecule has 0 amide bonds. The predicted molar refractivity (Wildman–Crippen MR) is 62.8 cm³/mol. The van der Waals surface area contributed by atoms with E-state index in [1.807, 2.05) is 6.07 Å². The van der Waals surface area contributed by atoms with E-state index in [9.17, 15) is 4.79 Å². The quantitative estimate of drug-likeness (QED) is 0.584. The Morgan fingerprint density at radius 3 is 3.18 bits per heavy atom. The van der Waals surface area contributed by atoms with Crippen molar-refractivity contribution in [3.63, 3.8) is 0 Å². The predicted octanol–water partition coefficient (Wildman–Crippen LogP) is 0.314. The summed E-state index contributed by atoms with van der Waals surface area (Å²) in [6, 6.07) is 3.66. The van der Waals surface area contributed by atoms with E-state index in [4.69, 9.17) is 0 Å². The molecule has 2 N–H and O–H groups in total. The highest BCUT2D eigenvalue weighted by molar-refractivity contribution is 5.79. The van der Waals surface area contributed by atoms with Gasteiger partial charge in [-0.2, -0.15) is 15.2 Å². The van der Waals surface area contributed by atoms with Gasteiger partial charge in [-0.1, -0.05) is 6.07 Å². The number of H-pyrrole nitrogens is 1. The summed E-state index contributed by atoms with van der Waals surface area (Å²) >= 11 is 0. The Morgan fingerprint density at radius 1 is 1.53 bits per heavy atom. The molecule has 2 aromatic heterocycles. The first kappa shape index (κ1) is 10.9.